The maximum Gasteiger partial charge on any atom is 0.341 e. The average molecular weight is 403 g/mol. The van der Waals surface area contributed by atoms with Crippen molar-refractivity contribution in [2.75, 3.05) is 17.2 Å². The molecule has 3 rings (SSSR count). The summed E-state index contributed by atoms with van der Waals surface area (Å²) in [4.78, 5) is 13.9. The van der Waals surface area contributed by atoms with Crippen LogP contribution < -0.4 is 10.6 Å². The Morgan fingerprint density at radius 1 is 1.22 bits per heavy atom. The van der Waals surface area contributed by atoms with Crippen molar-refractivity contribution in [3.8, 4) is 0 Å². The van der Waals surface area contributed by atoms with Crippen molar-refractivity contribution in [3.63, 3.8) is 0 Å². The second kappa shape index (κ2) is 8.85. The highest BCUT2D eigenvalue weighted by Crippen LogP contribution is 2.38. The molecule has 0 bridgehead atoms. The van der Waals surface area contributed by atoms with Gasteiger partial charge in [0, 0.05) is 10.6 Å². The number of ether oxygens (including phenoxy) is 1. The highest BCUT2D eigenvalue weighted by molar-refractivity contribution is 7.80. The smallest absolute Gasteiger partial charge is 0.341 e. The van der Waals surface area contributed by atoms with Crippen LogP contribution in [0.4, 0.5) is 10.7 Å². The van der Waals surface area contributed by atoms with Gasteiger partial charge in [0.2, 0.25) is 0 Å². The summed E-state index contributed by atoms with van der Waals surface area (Å²) in [5.41, 5.74) is 5.21. The molecule has 1 aliphatic rings. The molecule has 0 atom stereocenters. The Morgan fingerprint density at radius 3 is 2.74 bits per heavy atom. The van der Waals surface area contributed by atoms with Gasteiger partial charge in [0.15, 0.2) is 5.11 Å². The molecule has 4 nitrogen and oxygen atoms in total. The first-order valence-corrected chi connectivity index (χ1v) is 10.8. The molecule has 2 N–H and O–H groups in total. The summed E-state index contributed by atoms with van der Waals surface area (Å²) in [7, 11) is 0. The van der Waals surface area contributed by atoms with E-state index in [9.17, 15) is 4.79 Å². The molecule has 1 aromatic heterocycles. The number of thiophene rings is 1. The third kappa shape index (κ3) is 4.33. The fourth-order valence-corrected chi connectivity index (χ4v) is 5.07. The molecule has 0 saturated carbocycles. The lowest BCUT2D eigenvalue weighted by Gasteiger charge is -2.16. The molecule has 2 aromatic rings. The van der Waals surface area contributed by atoms with Gasteiger partial charge < -0.3 is 15.4 Å². The van der Waals surface area contributed by atoms with Crippen LogP contribution in [0.25, 0.3) is 0 Å². The summed E-state index contributed by atoms with van der Waals surface area (Å²) in [6.45, 7) is 6.40. The Morgan fingerprint density at radius 2 is 2.00 bits per heavy atom. The van der Waals surface area contributed by atoms with Crippen molar-refractivity contribution in [2.24, 2.45) is 0 Å². The second-order valence-electron chi connectivity index (χ2n) is 6.68. The van der Waals surface area contributed by atoms with E-state index in [4.69, 9.17) is 17.0 Å². The fourth-order valence-electron chi connectivity index (χ4n) is 3.52. The van der Waals surface area contributed by atoms with Crippen LogP contribution in [0.5, 0.6) is 0 Å². The predicted octanol–water partition coefficient (Wildman–Crippen LogP) is 5.48. The van der Waals surface area contributed by atoms with Crippen molar-refractivity contribution in [3.05, 3.63) is 45.3 Å². The first-order chi connectivity index (χ1) is 13.0. The predicted molar refractivity (Wildman–Crippen MR) is 117 cm³/mol. The van der Waals surface area contributed by atoms with Gasteiger partial charge in [0.25, 0.3) is 0 Å². The highest BCUT2D eigenvalue weighted by atomic mass is 32.1. The van der Waals surface area contributed by atoms with Gasteiger partial charge in [0.05, 0.1) is 12.2 Å². The van der Waals surface area contributed by atoms with Crippen LogP contribution in [0.1, 0.15) is 58.6 Å². The molecule has 0 unspecified atom stereocenters. The zero-order chi connectivity index (χ0) is 19.4. The van der Waals surface area contributed by atoms with Gasteiger partial charge in [0.1, 0.15) is 5.00 Å². The second-order valence-corrected chi connectivity index (χ2v) is 8.19. The molecule has 0 spiro atoms. The number of rotatable bonds is 5. The highest BCUT2D eigenvalue weighted by Gasteiger charge is 2.26. The number of benzene rings is 1. The van der Waals surface area contributed by atoms with E-state index >= 15 is 0 Å². The summed E-state index contributed by atoms with van der Waals surface area (Å²) in [5, 5.41) is 7.90. The molecule has 1 heterocycles. The number of carbonyl (C=O) groups excluding carboxylic acids is 1. The third-order valence-corrected chi connectivity index (χ3v) is 6.27. The standard InChI is InChI=1S/C21H26N2O2S2/c1-4-14-10-8-9-13(3)18(14)22-21(26)23-19-17(20(24)25-5-2)15-11-6-7-12-16(15)27-19/h8-10H,4-7,11-12H2,1-3H3,(H2,22,23,26). The molecular weight excluding hydrogens is 376 g/mol. The van der Waals surface area contributed by atoms with Crippen molar-refractivity contribution >= 4 is 45.3 Å². The number of thiocarbonyl (C=S) groups is 1. The minimum Gasteiger partial charge on any atom is -0.462 e. The molecule has 0 saturated heterocycles. The zero-order valence-corrected chi connectivity index (χ0v) is 17.7. The van der Waals surface area contributed by atoms with Gasteiger partial charge in [-0.3, -0.25) is 0 Å². The van der Waals surface area contributed by atoms with E-state index in [1.807, 2.05) is 6.92 Å². The molecule has 0 fully saturated rings. The number of para-hydroxylation sites is 1. The summed E-state index contributed by atoms with van der Waals surface area (Å²) < 4.78 is 5.31. The Labute approximate surface area is 170 Å². The van der Waals surface area contributed by atoms with Crippen molar-refractivity contribution < 1.29 is 9.53 Å². The number of carbonyl (C=O) groups is 1. The minimum absolute atomic E-state index is 0.257. The maximum atomic E-state index is 12.6. The van der Waals surface area contributed by atoms with E-state index in [2.05, 4.69) is 42.7 Å². The van der Waals surface area contributed by atoms with Crippen LogP contribution in [-0.2, 0) is 24.0 Å². The number of aryl methyl sites for hydroxylation is 3. The van der Waals surface area contributed by atoms with Gasteiger partial charge >= 0.3 is 5.97 Å². The Bertz CT molecular complexity index is 858. The lowest BCUT2D eigenvalue weighted by atomic mass is 9.95. The third-order valence-electron chi connectivity index (χ3n) is 4.86. The van der Waals surface area contributed by atoms with Crippen LogP contribution in [0.2, 0.25) is 0 Å². The van der Waals surface area contributed by atoms with Gasteiger partial charge in [-0.2, -0.15) is 0 Å². The van der Waals surface area contributed by atoms with Gasteiger partial charge in [-0.15, -0.1) is 11.3 Å². The molecule has 1 aliphatic carbocycles. The molecule has 144 valence electrons. The van der Waals surface area contributed by atoms with E-state index < -0.39 is 0 Å². The van der Waals surface area contributed by atoms with Crippen molar-refractivity contribution in [1.82, 2.24) is 0 Å². The van der Waals surface area contributed by atoms with Crippen LogP contribution >= 0.6 is 23.6 Å². The maximum absolute atomic E-state index is 12.6. The van der Waals surface area contributed by atoms with Crippen LogP contribution in [0, 0.1) is 6.92 Å². The molecule has 0 aliphatic heterocycles. The van der Waals surface area contributed by atoms with E-state index in [1.54, 1.807) is 11.3 Å². The van der Waals surface area contributed by atoms with Gasteiger partial charge in [-0.05, 0) is 74.9 Å². The molecule has 6 heteroatoms. The summed E-state index contributed by atoms with van der Waals surface area (Å²) in [5.74, 6) is -0.257. The summed E-state index contributed by atoms with van der Waals surface area (Å²) in [6.07, 6.45) is 5.15. The molecule has 0 radical (unpaired) electrons. The van der Waals surface area contributed by atoms with Gasteiger partial charge in [-0.25, -0.2) is 4.79 Å². The largest absolute Gasteiger partial charge is 0.462 e. The Kier molecular flexibility index (Phi) is 6.50. The summed E-state index contributed by atoms with van der Waals surface area (Å²) in [6, 6.07) is 6.23. The van der Waals surface area contributed by atoms with Gasteiger partial charge in [-0.1, -0.05) is 25.1 Å². The van der Waals surface area contributed by atoms with Crippen molar-refractivity contribution in [2.45, 2.75) is 52.9 Å². The quantitative estimate of drug-likeness (QED) is 0.512. The normalized spacial score (nSPS) is 13.0. The lowest BCUT2D eigenvalue weighted by Crippen LogP contribution is -2.21. The monoisotopic (exact) mass is 402 g/mol. The lowest BCUT2D eigenvalue weighted by molar-refractivity contribution is 0.0526. The van der Waals surface area contributed by atoms with Crippen molar-refractivity contribution in [1.29, 1.82) is 0 Å². The minimum atomic E-state index is -0.257. The molecule has 0 amide bonds. The average Bonchev–Trinajstić information content (AvgIpc) is 3.01. The molecule has 27 heavy (non-hydrogen) atoms. The fraction of sp³-hybridized carbons (Fsp3) is 0.429. The van der Waals surface area contributed by atoms with Crippen LogP contribution in [0.15, 0.2) is 18.2 Å². The topological polar surface area (TPSA) is 50.4 Å². The number of esters is 1. The number of hydrogen-bond acceptors (Lipinski definition) is 4. The van der Waals surface area contributed by atoms with E-state index in [0.717, 1.165) is 47.5 Å². The number of anilines is 2. The van der Waals surface area contributed by atoms with E-state index in [0.29, 0.717) is 17.3 Å². The Balaban J connectivity index is 1.86. The number of nitrogens with one attached hydrogen (secondary N) is 2. The molecule has 1 aromatic carbocycles. The first-order valence-electron chi connectivity index (χ1n) is 9.53. The zero-order valence-electron chi connectivity index (χ0n) is 16.1. The Hall–Kier alpha value is -1.92. The van der Waals surface area contributed by atoms with Crippen LogP contribution in [0.3, 0.4) is 0 Å². The number of fused-ring (bicyclic) bond motifs is 1. The SMILES string of the molecule is CCOC(=O)c1c(NC(=S)Nc2c(C)cccc2CC)sc2c1CCCC2. The number of hydrogen-bond donors (Lipinski definition) is 2. The van der Waals surface area contributed by atoms with E-state index in [1.165, 1.54) is 16.9 Å². The van der Waals surface area contributed by atoms with E-state index in [-0.39, 0.29) is 5.97 Å². The summed E-state index contributed by atoms with van der Waals surface area (Å²) >= 11 is 7.20. The molecular formula is C21H26N2O2S2. The first kappa shape index (κ1) is 19.8. The van der Waals surface area contributed by atoms with Crippen LogP contribution in [-0.4, -0.2) is 17.7 Å².